The number of benzene rings is 3. The Kier molecular flexibility index (Phi) is 7.04. The second-order valence-electron chi connectivity index (χ2n) is 9.02. The van der Waals surface area contributed by atoms with Crippen molar-refractivity contribution in [2.45, 2.75) is 6.54 Å². The van der Waals surface area contributed by atoms with E-state index in [0.717, 1.165) is 28.4 Å². The van der Waals surface area contributed by atoms with E-state index in [1.807, 2.05) is 24.3 Å². The van der Waals surface area contributed by atoms with Gasteiger partial charge in [0, 0.05) is 42.8 Å². The van der Waals surface area contributed by atoms with Gasteiger partial charge in [0.25, 0.3) is 5.91 Å². The zero-order chi connectivity index (χ0) is 27.5. The zero-order valence-corrected chi connectivity index (χ0v) is 21.4. The molecule has 0 aliphatic rings. The number of halogens is 2. The number of amides is 1. The molecule has 2 aromatic heterocycles. The standard InChI is InChI=1S/C28H25F2N7O2/c1-36(2)15-22(30)28(38)35-24-11-21-23(12-26(24)39-3)31-16-32-27(21)34-20-7-8-25-18(10-20)13-33-37(25)14-17-5-4-6-19(29)9-17/h4-13,15-16H,14H2,1-3H3,(H,35,38)(H,31,32,34)/b22-15+. The van der Waals surface area contributed by atoms with E-state index in [9.17, 15) is 13.6 Å². The van der Waals surface area contributed by atoms with E-state index in [2.05, 4.69) is 25.7 Å². The Balaban J connectivity index is 1.44. The van der Waals surface area contributed by atoms with Crippen LogP contribution in [0.5, 0.6) is 5.75 Å². The van der Waals surface area contributed by atoms with E-state index >= 15 is 0 Å². The molecule has 0 saturated carbocycles. The summed E-state index contributed by atoms with van der Waals surface area (Å²) in [5.74, 6) is -1.34. The van der Waals surface area contributed by atoms with Gasteiger partial charge in [-0.25, -0.2) is 14.4 Å². The van der Waals surface area contributed by atoms with E-state index in [0.29, 0.717) is 29.0 Å². The van der Waals surface area contributed by atoms with Crippen LogP contribution in [0.4, 0.5) is 26.0 Å². The SMILES string of the molecule is COc1cc2ncnc(Nc3ccc4c(cnn4Cc4cccc(F)c4)c3)c2cc1NC(=O)/C(F)=C\N(C)C. The summed E-state index contributed by atoms with van der Waals surface area (Å²) in [4.78, 5) is 22.5. The quantitative estimate of drug-likeness (QED) is 0.266. The highest BCUT2D eigenvalue weighted by Gasteiger charge is 2.16. The smallest absolute Gasteiger partial charge is 0.286 e. The Labute approximate surface area is 222 Å². The molecule has 5 aromatic rings. The van der Waals surface area contributed by atoms with Crippen molar-refractivity contribution < 1.29 is 18.3 Å². The van der Waals surface area contributed by atoms with Crippen LogP contribution >= 0.6 is 0 Å². The Bertz CT molecular complexity index is 1720. The lowest BCUT2D eigenvalue weighted by Gasteiger charge is -2.14. The highest BCUT2D eigenvalue weighted by atomic mass is 19.1. The van der Waals surface area contributed by atoms with Gasteiger partial charge in [0.1, 0.15) is 23.7 Å². The average molecular weight is 530 g/mol. The van der Waals surface area contributed by atoms with Gasteiger partial charge >= 0.3 is 0 Å². The molecule has 0 radical (unpaired) electrons. The molecule has 0 aliphatic heterocycles. The van der Waals surface area contributed by atoms with Gasteiger partial charge in [-0.15, -0.1) is 0 Å². The third-order valence-electron chi connectivity index (χ3n) is 5.92. The predicted octanol–water partition coefficient (Wildman–Crippen LogP) is 5.23. The molecule has 0 atom stereocenters. The minimum Gasteiger partial charge on any atom is -0.494 e. The lowest BCUT2D eigenvalue weighted by atomic mass is 10.1. The van der Waals surface area contributed by atoms with Gasteiger partial charge in [-0.1, -0.05) is 12.1 Å². The zero-order valence-electron chi connectivity index (χ0n) is 21.4. The molecule has 11 heteroatoms. The van der Waals surface area contributed by atoms with Crippen LogP contribution in [0.15, 0.2) is 79.1 Å². The number of carbonyl (C=O) groups excluding carboxylic acids is 1. The van der Waals surface area contributed by atoms with Crippen molar-refractivity contribution in [1.82, 2.24) is 24.6 Å². The summed E-state index contributed by atoms with van der Waals surface area (Å²) >= 11 is 0. The molecule has 0 aliphatic carbocycles. The number of hydrogen-bond donors (Lipinski definition) is 2. The van der Waals surface area contributed by atoms with Crippen molar-refractivity contribution in [3.63, 3.8) is 0 Å². The van der Waals surface area contributed by atoms with Gasteiger partial charge in [0.05, 0.1) is 36.6 Å². The number of ether oxygens (including phenoxy) is 1. The number of nitrogens with one attached hydrogen (secondary N) is 2. The molecule has 0 fully saturated rings. The number of rotatable bonds is 8. The molecule has 39 heavy (non-hydrogen) atoms. The molecule has 0 spiro atoms. The second-order valence-corrected chi connectivity index (χ2v) is 9.02. The fraction of sp³-hybridized carbons (Fsp3) is 0.143. The van der Waals surface area contributed by atoms with Gasteiger partial charge in [0.2, 0.25) is 5.83 Å². The Morgan fingerprint density at radius 1 is 1.13 bits per heavy atom. The van der Waals surface area contributed by atoms with E-state index in [-0.39, 0.29) is 11.5 Å². The Hall–Kier alpha value is -5.06. The topological polar surface area (TPSA) is 97.2 Å². The molecule has 0 bridgehead atoms. The van der Waals surface area contributed by atoms with Gasteiger partial charge in [-0.05, 0) is 42.0 Å². The summed E-state index contributed by atoms with van der Waals surface area (Å²) in [5, 5.41) is 11.8. The van der Waals surface area contributed by atoms with E-state index in [4.69, 9.17) is 4.74 Å². The van der Waals surface area contributed by atoms with E-state index < -0.39 is 11.7 Å². The van der Waals surface area contributed by atoms with E-state index in [1.54, 1.807) is 43.2 Å². The fourth-order valence-electron chi connectivity index (χ4n) is 4.15. The maximum Gasteiger partial charge on any atom is 0.286 e. The largest absolute Gasteiger partial charge is 0.494 e. The lowest BCUT2D eigenvalue weighted by Crippen LogP contribution is -2.15. The molecule has 0 unspecified atom stereocenters. The Morgan fingerprint density at radius 2 is 1.97 bits per heavy atom. The van der Waals surface area contributed by atoms with Crippen molar-refractivity contribution in [2.75, 3.05) is 31.8 Å². The van der Waals surface area contributed by atoms with Crippen molar-refractivity contribution in [1.29, 1.82) is 0 Å². The first-order chi connectivity index (χ1) is 18.8. The number of fused-ring (bicyclic) bond motifs is 2. The van der Waals surface area contributed by atoms with Gasteiger partial charge < -0.3 is 20.3 Å². The first kappa shape index (κ1) is 25.6. The summed E-state index contributed by atoms with van der Waals surface area (Å²) in [6.45, 7) is 0.436. The minimum atomic E-state index is -0.948. The summed E-state index contributed by atoms with van der Waals surface area (Å²) in [7, 11) is 4.68. The van der Waals surface area contributed by atoms with Crippen LogP contribution in [-0.4, -0.2) is 51.8 Å². The lowest BCUT2D eigenvalue weighted by molar-refractivity contribution is -0.114. The second kappa shape index (κ2) is 10.7. The van der Waals surface area contributed by atoms with Crippen molar-refractivity contribution in [3.8, 4) is 5.75 Å². The molecule has 198 valence electrons. The van der Waals surface area contributed by atoms with Gasteiger partial charge in [0.15, 0.2) is 0 Å². The number of nitrogens with zero attached hydrogens (tertiary/aromatic N) is 5. The minimum absolute atomic E-state index is 0.268. The maximum atomic E-state index is 14.2. The molecule has 5 rings (SSSR count). The predicted molar refractivity (Wildman–Crippen MR) is 146 cm³/mol. The van der Waals surface area contributed by atoms with Crippen molar-refractivity contribution >= 4 is 44.9 Å². The normalized spacial score (nSPS) is 11.6. The average Bonchev–Trinajstić information content (AvgIpc) is 3.30. The van der Waals surface area contributed by atoms with Crippen LogP contribution in [0.1, 0.15) is 5.56 Å². The molecule has 1 amide bonds. The third kappa shape index (κ3) is 5.61. The molecular weight excluding hydrogens is 504 g/mol. The molecule has 2 N–H and O–H groups in total. The third-order valence-corrected chi connectivity index (χ3v) is 5.92. The summed E-state index contributed by atoms with van der Waals surface area (Å²) < 4.78 is 35.0. The summed E-state index contributed by atoms with van der Waals surface area (Å²) in [6, 6.07) is 15.4. The van der Waals surface area contributed by atoms with Crippen molar-refractivity contribution in [2.24, 2.45) is 0 Å². The van der Waals surface area contributed by atoms with Crippen LogP contribution in [0.25, 0.3) is 21.8 Å². The first-order valence-electron chi connectivity index (χ1n) is 12.0. The fourth-order valence-corrected chi connectivity index (χ4v) is 4.15. The van der Waals surface area contributed by atoms with Crippen LogP contribution < -0.4 is 15.4 Å². The first-order valence-corrected chi connectivity index (χ1v) is 12.0. The number of anilines is 3. The molecular formula is C28H25F2N7O2. The monoisotopic (exact) mass is 529 g/mol. The number of aromatic nitrogens is 4. The summed E-state index contributed by atoms with van der Waals surface area (Å²) in [5.41, 5.74) is 3.28. The van der Waals surface area contributed by atoms with Gasteiger partial charge in [-0.3, -0.25) is 9.48 Å². The van der Waals surface area contributed by atoms with Crippen LogP contribution in [0, 0.1) is 5.82 Å². The van der Waals surface area contributed by atoms with Crippen LogP contribution in [0.3, 0.4) is 0 Å². The molecule has 3 aromatic carbocycles. The van der Waals surface area contributed by atoms with Crippen LogP contribution in [-0.2, 0) is 11.3 Å². The number of hydrogen-bond acceptors (Lipinski definition) is 7. The molecule has 9 nitrogen and oxygen atoms in total. The highest BCUT2D eigenvalue weighted by molar-refractivity contribution is 6.05. The molecule has 0 saturated heterocycles. The highest BCUT2D eigenvalue weighted by Crippen LogP contribution is 2.34. The number of carbonyl (C=O) groups is 1. The molecule has 2 heterocycles. The maximum absolute atomic E-state index is 14.2. The Morgan fingerprint density at radius 3 is 2.74 bits per heavy atom. The van der Waals surface area contributed by atoms with Gasteiger partial charge in [-0.2, -0.15) is 9.49 Å². The van der Waals surface area contributed by atoms with E-state index in [1.165, 1.54) is 30.5 Å². The van der Waals surface area contributed by atoms with Crippen molar-refractivity contribution in [3.05, 3.63) is 90.5 Å². The summed E-state index contributed by atoms with van der Waals surface area (Å²) in [6.07, 6.45) is 4.24. The number of methoxy groups -OCH3 is 1. The van der Waals surface area contributed by atoms with Crippen LogP contribution in [0.2, 0.25) is 0 Å².